The Kier molecular flexibility index (Phi) is 39.1. The zero-order chi connectivity index (χ0) is 42.8. The summed E-state index contributed by atoms with van der Waals surface area (Å²) in [5, 5.41) is 11.6. The minimum atomic E-state index is -1.13. The highest BCUT2D eigenvalue weighted by Gasteiger charge is 2.25. The lowest BCUT2D eigenvalue weighted by molar-refractivity contribution is -0.889. The molecule has 2 unspecified atom stereocenters. The van der Waals surface area contributed by atoms with Crippen LogP contribution in [0.2, 0.25) is 0 Å². The van der Waals surface area contributed by atoms with Crippen LogP contribution in [0.15, 0.2) is 48.6 Å². The summed E-state index contributed by atoms with van der Waals surface area (Å²) in [6.07, 6.45) is 48.5. The second kappa shape index (κ2) is 41.0. The van der Waals surface area contributed by atoms with Crippen LogP contribution in [0.3, 0.4) is 0 Å². The Morgan fingerprint density at radius 2 is 1.02 bits per heavy atom. The van der Waals surface area contributed by atoms with Gasteiger partial charge in [0.25, 0.3) is 0 Å². The number of unbranched alkanes of at least 4 members (excludes halogenated alkanes) is 21. The molecule has 0 radical (unpaired) electrons. The number of likely N-dealkylation sites (N-methyl/N-ethyl adjacent to an activating group) is 1. The van der Waals surface area contributed by atoms with Gasteiger partial charge in [0, 0.05) is 19.3 Å². The largest absolute Gasteiger partial charge is 0.544 e. The Bertz CT molecular complexity index is 1090. The number of aliphatic carboxylic acids is 1. The molecule has 0 saturated heterocycles. The molecular weight excluding hydrogens is 727 g/mol. The average molecular weight is 816 g/mol. The summed E-state index contributed by atoms with van der Waals surface area (Å²) in [5.74, 6) is -1.75. The van der Waals surface area contributed by atoms with E-state index < -0.39 is 18.1 Å². The number of hydrogen-bond acceptors (Lipinski definition) is 7. The van der Waals surface area contributed by atoms with Gasteiger partial charge in [-0.1, -0.05) is 165 Å². The van der Waals surface area contributed by atoms with Crippen LogP contribution in [0.5, 0.6) is 0 Å². The Hall–Kier alpha value is -2.71. The maximum Gasteiger partial charge on any atom is 0.306 e. The van der Waals surface area contributed by atoms with Crippen LogP contribution in [-0.4, -0.2) is 75.5 Å². The maximum atomic E-state index is 12.7. The molecule has 0 fully saturated rings. The number of hydrogen-bond donors (Lipinski definition) is 0. The highest BCUT2D eigenvalue weighted by molar-refractivity contribution is 5.70. The van der Waals surface area contributed by atoms with Gasteiger partial charge >= 0.3 is 11.9 Å². The number of esters is 2. The molecule has 0 aliphatic carbocycles. The number of carbonyl (C=O) groups is 3. The van der Waals surface area contributed by atoms with Gasteiger partial charge in [-0.15, -0.1) is 0 Å². The van der Waals surface area contributed by atoms with Gasteiger partial charge in [-0.05, 0) is 64.2 Å². The number of ether oxygens (including phenoxy) is 3. The fourth-order valence-corrected chi connectivity index (χ4v) is 6.81. The minimum absolute atomic E-state index is 0.0362. The average Bonchev–Trinajstić information content (AvgIpc) is 3.18. The molecule has 0 bridgehead atoms. The maximum absolute atomic E-state index is 12.7. The molecule has 0 aromatic heterocycles. The van der Waals surface area contributed by atoms with Crippen LogP contribution in [-0.2, 0) is 28.6 Å². The van der Waals surface area contributed by atoms with E-state index in [-0.39, 0.29) is 42.7 Å². The van der Waals surface area contributed by atoms with Gasteiger partial charge in [-0.3, -0.25) is 9.59 Å². The van der Waals surface area contributed by atoms with Crippen LogP contribution in [0, 0.1) is 0 Å². The highest BCUT2D eigenvalue weighted by atomic mass is 16.6. The van der Waals surface area contributed by atoms with Crippen molar-refractivity contribution in [1.29, 1.82) is 0 Å². The minimum Gasteiger partial charge on any atom is -0.544 e. The standard InChI is InChI=1S/C50H89NO7/c1-6-8-10-12-14-16-18-20-22-23-24-25-26-27-29-30-32-34-36-38-40-48(52)57-45-46(44-56-43-42-47(50(54)55)51(3,4)5)58-49(53)41-39-37-35-33-31-28-21-19-17-15-13-11-9-7-2/h9,11,15-18,20,22,46-47H,6-8,10,12-14,19,21,23-45H2,1-5H3/b11-9+,17-15+,18-16+,22-20+. The van der Waals surface area contributed by atoms with Crippen molar-refractivity contribution in [3.8, 4) is 0 Å². The number of rotatable bonds is 42. The summed E-state index contributed by atoms with van der Waals surface area (Å²) in [6.45, 7) is 4.53. The third-order valence-electron chi connectivity index (χ3n) is 10.5. The SMILES string of the molecule is CC/C=C/C/C=C/CCCCCCCCCC(=O)OC(COCCC(C(=O)[O-])[N+](C)(C)C)COC(=O)CCCCCCCCCCCC/C=C/C=C/CCCCCC. The van der Waals surface area contributed by atoms with E-state index in [1.807, 2.05) is 0 Å². The van der Waals surface area contributed by atoms with E-state index in [4.69, 9.17) is 14.2 Å². The quantitative estimate of drug-likeness (QED) is 0.0199. The van der Waals surface area contributed by atoms with E-state index in [2.05, 4.69) is 62.5 Å². The molecule has 58 heavy (non-hydrogen) atoms. The lowest BCUT2D eigenvalue weighted by Gasteiger charge is -2.34. The molecule has 8 heteroatoms. The number of quaternary nitrogens is 1. The molecule has 0 aliphatic heterocycles. The van der Waals surface area contributed by atoms with Crippen molar-refractivity contribution in [1.82, 2.24) is 0 Å². The molecular formula is C50H89NO7. The van der Waals surface area contributed by atoms with Crippen molar-refractivity contribution in [2.75, 3.05) is 41.0 Å². The summed E-state index contributed by atoms with van der Waals surface area (Å²) in [7, 11) is 5.40. The topological polar surface area (TPSA) is 102 Å². The predicted molar refractivity (Wildman–Crippen MR) is 240 cm³/mol. The van der Waals surface area contributed by atoms with Gasteiger partial charge in [0.05, 0.1) is 40.3 Å². The van der Waals surface area contributed by atoms with Crippen molar-refractivity contribution in [3.05, 3.63) is 48.6 Å². The molecule has 0 heterocycles. The molecule has 0 amide bonds. The van der Waals surface area contributed by atoms with E-state index in [0.29, 0.717) is 12.8 Å². The first kappa shape index (κ1) is 55.3. The van der Waals surface area contributed by atoms with Crippen molar-refractivity contribution < 1.29 is 38.2 Å². The van der Waals surface area contributed by atoms with Gasteiger partial charge < -0.3 is 28.6 Å². The molecule has 8 nitrogen and oxygen atoms in total. The molecule has 0 saturated carbocycles. The normalized spacial score (nSPS) is 13.3. The zero-order valence-corrected chi connectivity index (χ0v) is 38.2. The molecule has 2 atom stereocenters. The fraction of sp³-hybridized carbons (Fsp3) is 0.780. The summed E-state index contributed by atoms with van der Waals surface area (Å²) >= 11 is 0. The highest BCUT2D eigenvalue weighted by Crippen LogP contribution is 2.15. The summed E-state index contributed by atoms with van der Waals surface area (Å²) < 4.78 is 17.2. The number of nitrogens with zero attached hydrogens (tertiary/aromatic N) is 1. The molecule has 0 N–H and O–H groups in total. The second-order valence-corrected chi connectivity index (χ2v) is 17.0. The third-order valence-corrected chi connectivity index (χ3v) is 10.5. The summed E-state index contributed by atoms with van der Waals surface area (Å²) in [6, 6.07) is -0.728. The first-order valence-electron chi connectivity index (χ1n) is 23.7. The molecule has 0 rings (SSSR count). The number of allylic oxidation sites excluding steroid dienone is 8. The van der Waals surface area contributed by atoms with Crippen molar-refractivity contribution in [3.63, 3.8) is 0 Å². The van der Waals surface area contributed by atoms with Crippen molar-refractivity contribution in [2.24, 2.45) is 0 Å². The second-order valence-electron chi connectivity index (χ2n) is 17.0. The Labute approximate surface area is 356 Å². The van der Waals surface area contributed by atoms with Crippen LogP contribution >= 0.6 is 0 Å². The smallest absolute Gasteiger partial charge is 0.306 e. The number of carboxylic acids is 1. The van der Waals surface area contributed by atoms with E-state index in [0.717, 1.165) is 57.8 Å². The third kappa shape index (κ3) is 38.8. The summed E-state index contributed by atoms with van der Waals surface area (Å²) in [5.41, 5.74) is 0. The van der Waals surface area contributed by atoms with Gasteiger partial charge in [-0.25, -0.2) is 0 Å². The first-order chi connectivity index (χ1) is 28.1. The first-order valence-corrected chi connectivity index (χ1v) is 23.7. The van der Waals surface area contributed by atoms with Crippen LogP contribution in [0.25, 0.3) is 0 Å². The Morgan fingerprint density at radius 3 is 1.52 bits per heavy atom. The predicted octanol–water partition coefficient (Wildman–Crippen LogP) is 11.9. The van der Waals surface area contributed by atoms with Crippen molar-refractivity contribution in [2.45, 2.75) is 212 Å². The van der Waals surface area contributed by atoms with Crippen molar-refractivity contribution >= 4 is 17.9 Å². The molecule has 0 aromatic carbocycles. The molecule has 0 aliphatic rings. The van der Waals surface area contributed by atoms with E-state index in [9.17, 15) is 19.5 Å². The molecule has 336 valence electrons. The monoisotopic (exact) mass is 816 g/mol. The zero-order valence-electron chi connectivity index (χ0n) is 38.2. The lowest BCUT2D eigenvalue weighted by atomic mass is 10.1. The van der Waals surface area contributed by atoms with E-state index in [1.54, 1.807) is 21.1 Å². The van der Waals surface area contributed by atoms with Gasteiger partial charge in [-0.2, -0.15) is 0 Å². The van der Waals surface area contributed by atoms with E-state index in [1.165, 1.54) is 109 Å². The lowest BCUT2D eigenvalue weighted by Crippen LogP contribution is -2.55. The Balaban J connectivity index is 4.27. The van der Waals surface area contributed by atoms with Crippen LogP contribution < -0.4 is 5.11 Å². The molecule has 0 spiro atoms. The summed E-state index contributed by atoms with van der Waals surface area (Å²) in [4.78, 5) is 36.9. The number of carbonyl (C=O) groups excluding carboxylic acids is 3. The van der Waals surface area contributed by atoms with Gasteiger partial charge in [0.2, 0.25) is 0 Å². The van der Waals surface area contributed by atoms with Crippen LogP contribution in [0.1, 0.15) is 200 Å². The van der Waals surface area contributed by atoms with E-state index >= 15 is 0 Å². The number of carboxylic acid groups (broad SMARTS) is 1. The fourth-order valence-electron chi connectivity index (χ4n) is 6.81. The van der Waals surface area contributed by atoms with Crippen LogP contribution in [0.4, 0.5) is 0 Å². The molecule has 0 aromatic rings. The Morgan fingerprint density at radius 1 is 0.552 bits per heavy atom. The van der Waals surface area contributed by atoms with Gasteiger partial charge in [0.15, 0.2) is 6.10 Å². The van der Waals surface area contributed by atoms with Gasteiger partial charge in [0.1, 0.15) is 12.6 Å².